The molecule has 3 aliphatic carbocycles. The van der Waals surface area contributed by atoms with Crippen molar-refractivity contribution in [3.05, 3.63) is 6.92 Å². The van der Waals surface area contributed by atoms with Gasteiger partial charge in [-0.2, -0.15) is 11.6 Å². The summed E-state index contributed by atoms with van der Waals surface area (Å²) in [6.07, 6.45) is 3.39. The quantitative estimate of drug-likeness (QED) is 0.613. The normalized spacial score (nSPS) is 49.4. The van der Waals surface area contributed by atoms with Crippen LogP contribution in [-0.2, 0) is 11.0 Å². The number of rotatable bonds is 3. The van der Waals surface area contributed by atoms with Crippen LogP contribution in [0.25, 0.3) is 0 Å². The van der Waals surface area contributed by atoms with Gasteiger partial charge in [0.25, 0.3) is 0 Å². The van der Waals surface area contributed by atoms with Gasteiger partial charge in [0, 0.05) is 5.54 Å². The highest BCUT2D eigenvalue weighted by Gasteiger charge is 2.90. The first-order chi connectivity index (χ1) is 7.17. The molecule has 0 bridgehead atoms. The van der Waals surface area contributed by atoms with E-state index in [1.807, 2.05) is 20.8 Å². The Balaban J connectivity index is 1.75. The zero-order chi connectivity index (χ0) is 12.0. The fraction of sp³-hybridized carbons (Fsp3) is 0.917. The van der Waals surface area contributed by atoms with Crippen LogP contribution in [0.15, 0.2) is 0 Å². The minimum atomic E-state index is -0.994. The monoisotopic (exact) mass is 260 g/mol. The Labute approximate surface area is 105 Å². The van der Waals surface area contributed by atoms with Crippen molar-refractivity contribution >= 4 is 22.6 Å². The zero-order valence-electron chi connectivity index (χ0n) is 10.1. The van der Waals surface area contributed by atoms with Crippen LogP contribution in [0.1, 0.15) is 40.0 Å². The summed E-state index contributed by atoms with van der Waals surface area (Å²) in [5.74, 6) is 0.564. The van der Waals surface area contributed by atoms with Crippen molar-refractivity contribution in [3.63, 3.8) is 0 Å². The molecule has 3 aliphatic rings. The second-order valence-corrected chi connectivity index (χ2v) is 9.30. The first kappa shape index (κ1) is 11.5. The molecule has 16 heavy (non-hydrogen) atoms. The van der Waals surface area contributed by atoms with Crippen molar-refractivity contribution in [2.24, 2.45) is 11.3 Å². The predicted molar refractivity (Wildman–Crippen MR) is 67.5 cm³/mol. The summed E-state index contributed by atoms with van der Waals surface area (Å²) >= 11 is 6.37. The Morgan fingerprint density at radius 1 is 1.44 bits per heavy atom. The minimum Gasteiger partial charge on any atom is -0.322 e. The summed E-state index contributed by atoms with van der Waals surface area (Å²) in [6, 6.07) is 0. The van der Waals surface area contributed by atoms with Gasteiger partial charge in [0.2, 0.25) is 0 Å². The van der Waals surface area contributed by atoms with Crippen molar-refractivity contribution in [3.8, 4) is 0 Å². The maximum absolute atomic E-state index is 12.2. The summed E-state index contributed by atoms with van der Waals surface area (Å²) in [4.78, 5) is -0.265. The van der Waals surface area contributed by atoms with Gasteiger partial charge >= 0.3 is 0 Å². The lowest BCUT2D eigenvalue weighted by Crippen LogP contribution is -2.46. The van der Waals surface area contributed by atoms with Gasteiger partial charge in [-0.3, -0.25) is 0 Å². The number of nitrogens with one attached hydrogen (secondary N) is 1. The smallest absolute Gasteiger partial charge is 0.0975 e. The Morgan fingerprint density at radius 2 is 1.94 bits per heavy atom. The van der Waals surface area contributed by atoms with Gasteiger partial charge < -0.3 is 6.92 Å². The maximum atomic E-state index is 12.2. The average Bonchev–Trinajstić information content (AvgIpc) is 2.98. The fourth-order valence-electron chi connectivity index (χ4n) is 3.13. The minimum absolute atomic E-state index is 0.0410. The second-order valence-electron chi connectivity index (χ2n) is 6.66. The van der Waals surface area contributed by atoms with Crippen LogP contribution in [0.2, 0.25) is 0 Å². The average molecular weight is 261 g/mol. The highest BCUT2D eigenvalue weighted by Crippen LogP contribution is 2.92. The van der Waals surface area contributed by atoms with E-state index in [0.29, 0.717) is 5.92 Å². The van der Waals surface area contributed by atoms with E-state index in [0.717, 1.165) is 12.8 Å². The van der Waals surface area contributed by atoms with Gasteiger partial charge in [-0.05, 0) is 51.4 Å². The summed E-state index contributed by atoms with van der Waals surface area (Å²) in [6.45, 7) is 10.1. The van der Waals surface area contributed by atoms with E-state index >= 15 is 0 Å². The zero-order valence-corrected chi connectivity index (χ0v) is 11.7. The van der Waals surface area contributed by atoms with Crippen molar-refractivity contribution in [2.45, 2.75) is 55.2 Å². The van der Waals surface area contributed by atoms with E-state index in [2.05, 4.69) is 11.6 Å². The molecule has 0 amide bonds. The van der Waals surface area contributed by atoms with Gasteiger partial charge in [-0.1, -0.05) is 4.87 Å². The highest BCUT2D eigenvalue weighted by molar-refractivity contribution is 7.84. The predicted octanol–water partition coefficient (Wildman–Crippen LogP) is 2.40. The standard InChI is InChI=1S/C12H19ClNOS/c1-9(2,3)16(15)14-11(5-6-11)12-7-8(12)10(12,4)13/h8,14H,4-7H2,1-3H3/q-1/t8?,10?,12-,16-/m1/s1. The molecule has 1 N–H and O–H groups in total. The van der Waals surface area contributed by atoms with Gasteiger partial charge in [0.1, 0.15) is 0 Å². The van der Waals surface area contributed by atoms with Gasteiger partial charge in [0.05, 0.1) is 15.7 Å². The Morgan fingerprint density at radius 3 is 2.19 bits per heavy atom. The molecular weight excluding hydrogens is 242 g/mol. The molecule has 0 spiro atoms. The molecule has 0 heterocycles. The largest absolute Gasteiger partial charge is 0.322 e. The number of hydrogen-bond acceptors (Lipinski definition) is 1. The summed E-state index contributed by atoms with van der Waals surface area (Å²) < 4.78 is 15.3. The number of hydrogen-bond donors (Lipinski definition) is 1. The van der Waals surface area contributed by atoms with Crippen LogP contribution >= 0.6 is 11.6 Å². The van der Waals surface area contributed by atoms with Crippen LogP contribution < -0.4 is 4.72 Å². The molecule has 92 valence electrons. The molecule has 2 nitrogen and oxygen atoms in total. The summed E-state index contributed by atoms with van der Waals surface area (Å²) in [5.41, 5.74) is 0.210. The SMILES string of the molecule is [CH2-]C1(Cl)C2C[C@@]21C1(N[S@](=O)C(C)(C)C)CC1. The van der Waals surface area contributed by atoms with E-state index in [1.54, 1.807) is 0 Å². The lowest BCUT2D eigenvalue weighted by Gasteiger charge is -2.32. The Hall–Kier alpha value is 0.400. The van der Waals surface area contributed by atoms with Crippen LogP contribution in [0.4, 0.5) is 0 Å². The van der Waals surface area contributed by atoms with Crippen LogP contribution in [0.5, 0.6) is 0 Å². The highest BCUT2D eigenvalue weighted by atomic mass is 35.5. The topological polar surface area (TPSA) is 29.1 Å². The fourth-order valence-corrected chi connectivity index (χ4v) is 4.78. The molecule has 0 aromatic rings. The molecular formula is C12H19ClNOS-. The molecule has 0 aliphatic heterocycles. The van der Waals surface area contributed by atoms with Crippen molar-refractivity contribution in [1.29, 1.82) is 0 Å². The third-order valence-corrected chi connectivity index (χ3v) is 6.91. The summed E-state index contributed by atoms with van der Waals surface area (Å²) in [5, 5.41) is 0. The van der Waals surface area contributed by atoms with Gasteiger partial charge in [-0.15, -0.1) is 0 Å². The number of fused-ring (bicyclic) bond motifs is 1. The van der Waals surface area contributed by atoms with Crippen LogP contribution in [0.3, 0.4) is 0 Å². The van der Waals surface area contributed by atoms with Crippen LogP contribution in [-0.4, -0.2) is 19.4 Å². The van der Waals surface area contributed by atoms with E-state index in [-0.39, 0.29) is 20.6 Å². The summed E-state index contributed by atoms with van der Waals surface area (Å²) in [7, 11) is -0.994. The van der Waals surface area contributed by atoms with Crippen molar-refractivity contribution in [1.82, 2.24) is 4.72 Å². The lowest BCUT2D eigenvalue weighted by molar-refractivity contribution is 0.413. The molecule has 0 radical (unpaired) electrons. The molecule has 3 fully saturated rings. The molecule has 3 rings (SSSR count). The molecule has 0 saturated heterocycles. The van der Waals surface area contributed by atoms with E-state index < -0.39 is 11.0 Å². The molecule has 2 unspecified atom stereocenters. The van der Waals surface area contributed by atoms with E-state index in [1.165, 1.54) is 6.42 Å². The maximum Gasteiger partial charge on any atom is 0.0975 e. The van der Waals surface area contributed by atoms with Crippen LogP contribution in [0, 0.1) is 18.3 Å². The first-order valence-corrected chi connectivity index (χ1v) is 7.44. The van der Waals surface area contributed by atoms with Crippen molar-refractivity contribution < 1.29 is 4.21 Å². The Kier molecular flexibility index (Phi) is 1.94. The second kappa shape index (κ2) is 2.70. The van der Waals surface area contributed by atoms with Gasteiger partial charge in [0.15, 0.2) is 0 Å². The molecule has 4 heteroatoms. The molecule has 3 saturated carbocycles. The van der Waals surface area contributed by atoms with E-state index in [4.69, 9.17) is 11.6 Å². The molecule has 4 atom stereocenters. The third-order valence-electron chi connectivity index (χ3n) is 4.62. The Bertz CT molecular complexity index is 383. The number of halogens is 1. The third kappa shape index (κ3) is 1.15. The lowest BCUT2D eigenvalue weighted by atomic mass is 9.96. The first-order valence-electron chi connectivity index (χ1n) is 5.91. The number of alkyl halides is 1. The van der Waals surface area contributed by atoms with Gasteiger partial charge in [-0.25, -0.2) is 8.93 Å². The molecule has 0 aromatic heterocycles. The van der Waals surface area contributed by atoms with E-state index in [9.17, 15) is 4.21 Å². The van der Waals surface area contributed by atoms with Crippen molar-refractivity contribution in [2.75, 3.05) is 0 Å². The molecule has 0 aromatic carbocycles.